The zero-order valence-electron chi connectivity index (χ0n) is 8.93. The summed E-state index contributed by atoms with van der Waals surface area (Å²) in [6.07, 6.45) is -1.80. The molecule has 0 spiro atoms. The Bertz CT molecular complexity index is 428. The van der Waals surface area contributed by atoms with Crippen molar-refractivity contribution < 1.29 is 47.9 Å². The van der Waals surface area contributed by atoms with E-state index in [1.165, 1.54) is 0 Å². The quantitative estimate of drug-likeness (QED) is 0.540. The topological polar surface area (TPSA) is 146 Å². The number of rotatable bonds is 2. The van der Waals surface area contributed by atoms with Crippen LogP contribution >= 0.6 is 0 Å². The van der Waals surface area contributed by atoms with Crippen molar-refractivity contribution >= 4 is 12.2 Å². The first-order valence-corrected chi connectivity index (χ1v) is 6.87. The first-order chi connectivity index (χ1) is 7.70. The molecule has 0 aliphatic carbocycles. The minimum absolute atomic E-state index is 0.195. The fourth-order valence-corrected chi connectivity index (χ4v) is 0.386. The molecule has 100 valence electrons. The van der Waals surface area contributed by atoms with E-state index in [1.807, 2.05) is 0 Å². The summed E-state index contributed by atoms with van der Waals surface area (Å²) < 4.78 is 43.2. The van der Waals surface area contributed by atoms with Crippen LogP contribution in [-0.4, -0.2) is 25.4 Å². The van der Waals surface area contributed by atoms with Crippen molar-refractivity contribution in [3.63, 3.8) is 0 Å². The number of hydrogen-bond donors (Lipinski definition) is 0. The molecule has 0 aromatic carbocycles. The van der Waals surface area contributed by atoms with E-state index < -0.39 is 26.8 Å². The van der Waals surface area contributed by atoms with Crippen LogP contribution in [0.5, 0.6) is 0 Å². The molecule has 0 N–H and O–H groups in total. The molecule has 0 aliphatic heterocycles. The number of amides is 2. The maximum atomic E-state index is 10.5. The SMILES string of the molecule is CCOC(=O)N=NC(=O)OCC.[O]=[Ru](=[O])(=[O])=[O]. The van der Waals surface area contributed by atoms with Crippen LogP contribution in [0.3, 0.4) is 0 Å². The van der Waals surface area contributed by atoms with Crippen molar-refractivity contribution in [2.75, 3.05) is 13.2 Å². The minimum atomic E-state index is -5.86. The number of ether oxygens (including phenoxy) is 2. The van der Waals surface area contributed by atoms with E-state index in [4.69, 9.17) is 14.3 Å². The van der Waals surface area contributed by atoms with E-state index in [1.54, 1.807) is 13.8 Å². The van der Waals surface area contributed by atoms with Gasteiger partial charge in [0.1, 0.15) is 0 Å². The van der Waals surface area contributed by atoms with Crippen LogP contribution in [0.1, 0.15) is 13.8 Å². The monoisotopic (exact) mass is 340 g/mol. The second-order valence-electron chi connectivity index (χ2n) is 1.95. The van der Waals surface area contributed by atoms with Gasteiger partial charge in [-0.05, 0) is 13.8 Å². The summed E-state index contributed by atoms with van der Waals surface area (Å²) in [7, 11) is 0. The Balaban J connectivity index is 0. The predicted octanol–water partition coefficient (Wildman–Crippen LogP) is 1.27. The maximum absolute atomic E-state index is 10.5. The molecule has 0 aromatic rings. The van der Waals surface area contributed by atoms with Crippen LogP contribution in [0.4, 0.5) is 9.59 Å². The number of carbonyl (C=O) groups is 2. The molecule has 0 unspecified atom stereocenters. The van der Waals surface area contributed by atoms with Crippen molar-refractivity contribution in [2.45, 2.75) is 13.8 Å². The number of nitrogens with zero attached hydrogens (tertiary/aromatic N) is 2. The molecular weight excluding hydrogens is 329 g/mol. The summed E-state index contributed by atoms with van der Waals surface area (Å²) in [4.78, 5) is 20.9. The third kappa shape index (κ3) is 25.0. The fraction of sp³-hybridized carbons (Fsp3) is 0.667. The molecule has 0 bridgehead atoms. The number of carbonyl (C=O) groups excluding carboxylic acids is 2. The normalized spacial score (nSPS) is 10.2. The molecule has 0 atom stereocenters. The predicted molar refractivity (Wildman–Crippen MR) is 41.6 cm³/mol. The summed E-state index contributed by atoms with van der Waals surface area (Å²) in [5, 5.41) is 5.84. The average molecular weight is 339 g/mol. The molecule has 0 fully saturated rings. The molecule has 0 radical (unpaired) electrons. The third-order valence-corrected chi connectivity index (χ3v) is 0.749. The summed E-state index contributed by atoms with van der Waals surface area (Å²) in [6, 6.07) is 0. The number of hydrogen-bond acceptors (Lipinski definition) is 8. The van der Waals surface area contributed by atoms with Gasteiger partial charge in [-0.2, -0.15) is 0 Å². The molecule has 0 aromatic heterocycles. The zero-order chi connectivity index (χ0) is 13.9. The molecule has 11 heteroatoms. The van der Waals surface area contributed by atoms with E-state index in [2.05, 4.69) is 19.7 Å². The average Bonchev–Trinajstić information content (AvgIpc) is 2.13. The fourth-order valence-electron chi connectivity index (χ4n) is 0.386. The standard InChI is InChI=1S/C6H10N2O4.4O.Ru/c1-3-11-5(9)7-8-6(10)12-4-2;;;;;/h3-4H2,1-2H3;;;;;. The van der Waals surface area contributed by atoms with Gasteiger partial charge in [-0.1, -0.05) is 10.2 Å². The molecule has 10 nitrogen and oxygen atoms in total. The van der Waals surface area contributed by atoms with Crippen molar-refractivity contribution in [3.05, 3.63) is 0 Å². The Kier molecular flexibility index (Phi) is 10.0. The summed E-state index contributed by atoms with van der Waals surface area (Å²) in [6.45, 7) is 3.64. The van der Waals surface area contributed by atoms with Crippen LogP contribution in [0.25, 0.3) is 0 Å². The van der Waals surface area contributed by atoms with E-state index in [0.29, 0.717) is 0 Å². The van der Waals surface area contributed by atoms with E-state index >= 15 is 0 Å². The Morgan fingerprint density at radius 3 is 1.29 bits per heavy atom. The molecule has 0 saturated carbocycles. The van der Waals surface area contributed by atoms with E-state index in [9.17, 15) is 9.59 Å². The van der Waals surface area contributed by atoms with Gasteiger partial charge < -0.3 is 9.47 Å². The molecular formula is C6H10N2O8Ru. The second kappa shape index (κ2) is 9.58. The Morgan fingerprint density at radius 2 is 1.12 bits per heavy atom. The molecule has 0 rings (SSSR count). The van der Waals surface area contributed by atoms with Crippen LogP contribution in [-0.2, 0) is 38.3 Å². The molecule has 0 heterocycles. The van der Waals surface area contributed by atoms with Crippen molar-refractivity contribution in [1.82, 2.24) is 0 Å². The van der Waals surface area contributed by atoms with Crippen LogP contribution in [0.15, 0.2) is 10.2 Å². The van der Waals surface area contributed by atoms with Gasteiger partial charge in [0.15, 0.2) is 0 Å². The zero-order valence-corrected chi connectivity index (χ0v) is 10.7. The Hall–Kier alpha value is -1.64. The Morgan fingerprint density at radius 1 is 0.882 bits per heavy atom. The molecule has 17 heavy (non-hydrogen) atoms. The van der Waals surface area contributed by atoms with Crippen molar-refractivity contribution in [3.8, 4) is 0 Å². The Labute approximate surface area is 97.9 Å². The third-order valence-electron chi connectivity index (χ3n) is 0.749. The summed E-state index contributed by atoms with van der Waals surface area (Å²) in [5.74, 6) is 0. The van der Waals surface area contributed by atoms with Gasteiger partial charge in [0.2, 0.25) is 0 Å². The molecule has 0 aliphatic rings. The van der Waals surface area contributed by atoms with Gasteiger partial charge in [0, 0.05) is 0 Å². The van der Waals surface area contributed by atoms with Crippen molar-refractivity contribution in [2.24, 2.45) is 10.2 Å². The first kappa shape index (κ1) is 17.7. The second-order valence-corrected chi connectivity index (χ2v) is 3.69. The van der Waals surface area contributed by atoms with E-state index in [0.717, 1.165) is 0 Å². The molecule has 0 saturated heterocycles. The van der Waals surface area contributed by atoms with Gasteiger partial charge in [0.25, 0.3) is 0 Å². The van der Waals surface area contributed by atoms with Crippen LogP contribution in [0.2, 0.25) is 0 Å². The molecule has 2 amide bonds. The first-order valence-electron chi connectivity index (χ1n) is 4.03. The van der Waals surface area contributed by atoms with Gasteiger partial charge in [-0.15, -0.1) is 0 Å². The summed E-state index contributed by atoms with van der Waals surface area (Å²) in [5.41, 5.74) is 0. The number of azo groups is 1. The van der Waals surface area contributed by atoms with Crippen LogP contribution in [0, 0.1) is 0 Å². The van der Waals surface area contributed by atoms with Crippen molar-refractivity contribution in [1.29, 1.82) is 0 Å². The van der Waals surface area contributed by atoms with Crippen LogP contribution < -0.4 is 0 Å². The van der Waals surface area contributed by atoms with Gasteiger partial charge in [-0.3, -0.25) is 0 Å². The summed E-state index contributed by atoms with van der Waals surface area (Å²) >= 11 is -5.86. The van der Waals surface area contributed by atoms with Gasteiger partial charge >= 0.3 is 41.1 Å². The van der Waals surface area contributed by atoms with Gasteiger partial charge in [0.05, 0.1) is 13.2 Å². The van der Waals surface area contributed by atoms with Gasteiger partial charge in [-0.25, -0.2) is 9.59 Å². The van der Waals surface area contributed by atoms with E-state index in [-0.39, 0.29) is 13.2 Å².